The number of carboxylic acids is 2. The molecule has 2 rings (SSSR count). The summed E-state index contributed by atoms with van der Waals surface area (Å²) < 4.78 is 10.3. The van der Waals surface area contributed by atoms with Crippen molar-refractivity contribution in [3.8, 4) is 11.5 Å². The van der Waals surface area contributed by atoms with E-state index < -0.39 is 24.1 Å². The Morgan fingerprint density at radius 3 is 1.34 bits per heavy atom. The number of carbonyl (C=O) groups is 2. The summed E-state index contributed by atoms with van der Waals surface area (Å²) in [5.41, 5.74) is 1.59. The number of carbonyl (C=O) groups excluding carboxylic acids is 2. The molecule has 0 fully saturated rings. The van der Waals surface area contributed by atoms with Gasteiger partial charge in [0.1, 0.15) is 23.7 Å². The largest absolute Gasteiger partial charge is 2.00 e. The van der Waals surface area contributed by atoms with E-state index in [0.29, 0.717) is 21.5 Å². The standard InChI is InChI=1S/2C10H11ClO3.Mg/c2*1-6-5-8(11)3-4-9(6)14-7(2)10(12)13;/h2*3-5,7H,1-2H3,(H,12,13);/q;;+2/p-2/t2*7-;/m11./s1. The van der Waals surface area contributed by atoms with Crippen LogP contribution in [-0.4, -0.2) is 47.2 Å². The van der Waals surface area contributed by atoms with E-state index in [2.05, 4.69) is 0 Å². The van der Waals surface area contributed by atoms with Gasteiger partial charge in [-0.15, -0.1) is 0 Å². The molecule has 9 heteroatoms. The molecule has 29 heavy (non-hydrogen) atoms. The first-order chi connectivity index (χ1) is 13.0. The molecule has 0 bridgehead atoms. The number of rotatable bonds is 6. The van der Waals surface area contributed by atoms with E-state index in [4.69, 9.17) is 32.7 Å². The van der Waals surface area contributed by atoms with E-state index in [1.54, 1.807) is 50.2 Å². The zero-order valence-electron chi connectivity index (χ0n) is 16.5. The van der Waals surface area contributed by atoms with Gasteiger partial charge in [0.15, 0.2) is 0 Å². The van der Waals surface area contributed by atoms with Crippen LogP contribution in [0.5, 0.6) is 11.5 Å². The van der Waals surface area contributed by atoms with Crippen molar-refractivity contribution < 1.29 is 29.3 Å². The van der Waals surface area contributed by atoms with Crippen molar-refractivity contribution in [1.29, 1.82) is 0 Å². The first-order valence-corrected chi connectivity index (χ1v) is 9.04. The number of halogens is 2. The van der Waals surface area contributed by atoms with E-state index in [1.165, 1.54) is 13.8 Å². The summed E-state index contributed by atoms with van der Waals surface area (Å²) in [6.07, 6.45) is -1.93. The molecule has 0 spiro atoms. The van der Waals surface area contributed by atoms with Gasteiger partial charge in [-0.25, -0.2) is 0 Å². The molecule has 0 heterocycles. The number of aliphatic carboxylic acids is 2. The monoisotopic (exact) mass is 450 g/mol. The van der Waals surface area contributed by atoms with E-state index in [-0.39, 0.29) is 23.1 Å². The molecule has 0 aliphatic heterocycles. The average Bonchev–Trinajstić information content (AvgIpc) is 2.60. The van der Waals surface area contributed by atoms with E-state index >= 15 is 0 Å². The Morgan fingerprint density at radius 2 is 1.10 bits per heavy atom. The molecule has 152 valence electrons. The Hall–Kier alpha value is -1.67. The van der Waals surface area contributed by atoms with Crippen LogP contribution in [0.25, 0.3) is 0 Å². The summed E-state index contributed by atoms with van der Waals surface area (Å²) in [6.45, 7) is 6.43. The summed E-state index contributed by atoms with van der Waals surface area (Å²) >= 11 is 11.5. The van der Waals surface area contributed by atoms with Gasteiger partial charge in [0.05, 0.1) is 11.9 Å². The topological polar surface area (TPSA) is 98.7 Å². The Balaban J connectivity index is 0.000000523. The molecule has 0 aliphatic rings. The maximum absolute atomic E-state index is 10.4. The molecule has 0 N–H and O–H groups in total. The molecule has 2 aromatic carbocycles. The van der Waals surface area contributed by atoms with Gasteiger partial charge in [-0.1, -0.05) is 23.2 Å². The molecule has 0 amide bonds. The summed E-state index contributed by atoms with van der Waals surface area (Å²) in [5, 5.41) is 22.0. The van der Waals surface area contributed by atoms with Crippen molar-refractivity contribution in [2.75, 3.05) is 0 Å². The van der Waals surface area contributed by atoms with E-state index in [9.17, 15) is 19.8 Å². The molecule has 2 aromatic rings. The fraction of sp³-hybridized carbons (Fsp3) is 0.300. The van der Waals surface area contributed by atoms with Crippen LogP contribution in [0, 0.1) is 13.8 Å². The average molecular weight is 452 g/mol. The molecule has 0 radical (unpaired) electrons. The second-order valence-electron chi connectivity index (χ2n) is 5.98. The van der Waals surface area contributed by atoms with Crippen molar-refractivity contribution in [2.45, 2.75) is 39.9 Å². The molecule has 0 aromatic heterocycles. The zero-order valence-corrected chi connectivity index (χ0v) is 19.5. The first-order valence-electron chi connectivity index (χ1n) is 8.28. The van der Waals surface area contributed by atoms with Gasteiger partial charge in [-0.2, -0.15) is 0 Å². The van der Waals surface area contributed by atoms with Crippen LogP contribution >= 0.6 is 23.2 Å². The molecule has 0 saturated heterocycles. The predicted octanol–water partition coefficient (Wildman–Crippen LogP) is 1.95. The minimum absolute atomic E-state index is 0. The maximum atomic E-state index is 10.4. The third kappa shape index (κ3) is 9.58. The molecule has 0 saturated carbocycles. The Kier molecular flexibility index (Phi) is 12.1. The van der Waals surface area contributed by atoms with Crippen LogP contribution in [0.2, 0.25) is 10.0 Å². The van der Waals surface area contributed by atoms with Crippen molar-refractivity contribution >= 4 is 58.2 Å². The molecule has 0 unspecified atom stereocenters. The second-order valence-corrected chi connectivity index (χ2v) is 6.85. The van der Waals surface area contributed by atoms with Crippen LogP contribution < -0.4 is 19.7 Å². The van der Waals surface area contributed by atoms with Gasteiger partial charge in [-0.05, 0) is 75.2 Å². The van der Waals surface area contributed by atoms with Crippen molar-refractivity contribution in [3.05, 3.63) is 57.6 Å². The van der Waals surface area contributed by atoms with Gasteiger partial charge in [0.2, 0.25) is 0 Å². The van der Waals surface area contributed by atoms with Gasteiger partial charge < -0.3 is 29.3 Å². The molecule has 6 nitrogen and oxygen atoms in total. The van der Waals surface area contributed by atoms with Crippen LogP contribution in [0.15, 0.2) is 36.4 Å². The summed E-state index contributed by atoms with van der Waals surface area (Å²) in [6, 6.07) is 9.98. The predicted molar refractivity (Wildman–Crippen MR) is 108 cm³/mol. The maximum Gasteiger partial charge on any atom is 2.00 e. The SMILES string of the molecule is Cc1cc(Cl)ccc1O[C@H](C)C(=O)[O-].Cc1cc(Cl)ccc1O[C@H](C)C(=O)[O-].[Mg+2]. The second kappa shape index (κ2) is 12.8. The minimum Gasteiger partial charge on any atom is -0.546 e. The van der Waals surface area contributed by atoms with Gasteiger partial charge in [-0.3, -0.25) is 0 Å². The van der Waals surface area contributed by atoms with Gasteiger partial charge in [0, 0.05) is 10.0 Å². The Morgan fingerprint density at radius 1 is 0.793 bits per heavy atom. The number of ether oxygens (including phenoxy) is 2. The van der Waals surface area contributed by atoms with Crippen molar-refractivity contribution in [1.82, 2.24) is 0 Å². The number of carboxylic acid groups (broad SMARTS) is 2. The molecular formula is C20H20Cl2MgO6. The van der Waals surface area contributed by atoms with Crippen LogP contribution in [-0.2, 0) is 9.59 Å². The number of benzene rings is 2. The number of aryl methyl sites for hydroxylation is 2. The van der Waals surface area contributed by atoms with Crippen LogP contribution in [0.4, 0.5) is 0 Å². The quantitative estimate of drug-likeness (QED) is 0.623. The minimum atomic E-state index is -1.24. The summed E-state index contributed by atoms with van der Waals surface area (Å²) in [5.74, 6) is -1.46. The summed E-state index contributed by atoms with van der Waals surface area (Å²) in [7, 11) is 0. The van der Waals surface area contributed by atoms with Crippen LogP contribution in [0.1, 0.15) is 25.0 Å². The fourth-order valence-electron chi connectivity index (χ4n) is 1.97. The van der Waals surface area contributed by atoms with E-state index in [0.717, 1.165) is 11.1 Å². The normalized spacial score (nSPS) is 11.8. The van der Waals surface area contributed by atoms with Crippen molar-refractivity contribution in [2.24, 2.45) is 0 Å². The number of hydrogen-bond acceptors (Lipinski definition) is 6. The zero-order chi connectivity index (χ0) is 21.4. The Labute approximate surface area is 195 Å². The smallest absolute Gasteiger partial charge is 0.546 e. The van der Waals surface area contributed by atoms with Gasteiger partial charge in [0.25, 0.3) is 0 Å². The van der Waals surface area contributed by atoms with Crippen LogP contribution in [0.3, 0.4) is 0 Å². The first kappa shape index (κ1) is 27.3. The molecule has 2 atom stereocenters. The fourth-order valence-corrected chi connectivity index (χ4v) is 2.42. The number of hydrogen-bond donors (Lipinski definition) is 0. The molecule has 0 aliphatic carbocycles. The third-order valence-electron chi connectivity index (χ3n) is 3.55. The summed E-state index contributed by atoms with van der Waals surface area (Å²) in [4.78, 5) is 20.8. The third-order valence-corrected chi connectivity index (χ3v) is 4.02. The van der Waals surface area contributed by atoms with E-state index in [1.807, 2.05) is 0 Å². The Bertz CT molecular complexity index is 774. The van der Waals surface area contributed by atoms with Gasteiger partial charge >= 0.3 is 23.1 Å². The van der Waals surface area contributed by atoms with Crippen molar-refractivity contribution in [3.63, 3.8) is 0 Å². The molecular weight excluding hydrogens is 431 g/mol.